The molecule has 0 bridgehead atoms. The lowest BCUT2D eigenvalue weighted by molar-refractivity contribution is -0.128. The van der Waals surface area contributed by atoms with E-state index in [0.29, 0.717) is 19.5 Å². The number of amides is 2. The lowest BCUT2D eigenvalue weighted by Gasteiger charge is -2.11. The van der Waals surface area contributed by atoms with Crippen LogP contribution in [-0.2, 0) is 9.47 Å². The summed E-state index contributed by atoms with van der Waals surface area (Å²) in [4.78, 5) is 11.2. The minimum absolute atomic E-state index is 0.0658. The van der Waals surface area contributed by atoms with Gasteiger partial charge in [0, 0.05) is 19.7 Å². The Balaban J connectivity index is 1.90. The van der Waals surface area contributed by atoms with Crippen LogP contribution in [0, 0.1) is 0 Å². The van der Waals surface area contributed by atoms with Crippen molar-refractivity contribution in [3.8, 4) is 0 Å². The molecule has 0 aliphatic carbocycles. The average Bonchev–Trinajstić information content (AvgIpc) is 2.78. The third-order valence-corrected chi connectivity index (χ3v) is 2.36. The molecule has 0 saturated carbocycles. The lowest BCUT2D eigenvalue weighted by atomic mass is 10.2. The molecular weight excluding hydrogens is 234 g/mol. The van der Waals surface area contributed by atoms with Crippen molar-refractivity contribution in [3.05, 3.63) is 0 Å². The molecule has 1 unspecified atom stereocenters. The number of alkyl halides is 2. The molecule has 2 N–H and O–H groups in total. The summed E-state index contributed by atoms with van der Waals surface area (Å²) in [6.45, 7) is -1.27. The molecule has 7 heteroatoms. The van der Waals surface area contributed by atoms with E-state index in [4.69, 9.17) is 4.74 Å². The SMILES string of the molecule is O=C(NCCCOC(F)F)NCC1CCCO1. The van der Waals surface area contributed by atoms with Crippen LogP contribution in [0.4, 0.5) is 13.6 Å². The van der Waals surface area contributed by atoms with E-state index < -0.39 is 6.61 Å². The molecule has 0 aromatic rings. The van der Waals surface area contributed by atoms with Crippen molar-refractivity contribution in [1.29, 1.82) is 0 Å². The number of hydrogen-bond donors (Lipinski definition) is 2. The first-order valence-corrected chi connectivity index (χ1v) is 5.71. The maximum absolute atomic E-state index is 11.6. The van der Waals surface area contributed by atoms with Gasteiger partial charge in [-0.1, -0.05) is 0 Å². The zero-order valence-electron chi connectivity index (χ0n) is 9.59. The van der Waals surface area contributed by atoms with Crippen LogP contribution in [-0.4, -0.2) is 45.0 Å². The second kappa shape index (κ2) is 8.19. The molecule has 1 atom stereocenters. The highest BCUT2D eigenvalue weighted by atomic mass is 19.3. The van der Waals surface area contributed by atoms with Crippen LogP contribution in [0.5, 0.6) is 0 Å². The maximum atomic E-state index is 11.6. The lowest BCUT2D eigenvalue weighted by Crippen LogP contribution is -2.40. The Morgan fingerprint density at radius 1 is 1.47 bits per heavy atom. The van der Waals surface area contributed by atoms with Gasteiger partial charge in [0.15, 0.2) is 0 Å². The topological polar surface area (TPSA) is 59.6 Å². The molecular formula is C10H18F2N2O3. The summed E-state index contributed by atoms with van der Waals surface area (Å²) in [7, 11) is 0. The van der Waals surface area contributed by atoms with E-state index in [1.807, 2.05) is 0 Å². The van der Waals surface area contributed by atoms with Gasteiger partial charge in [0.25, 0.3) is 0 Å². The van der Waals surface area contributed by atoms with Crippen LogP contribution < -0.4 is 10.6 Å². The van der Waals surface area contributed by atoms with Crippen molar-refractivity contribution in [2.75, 3.05) is 26.3 Å². The highest BCUT2D eigenvalue weighted by Crippen LogP contribution is 2.10. The molecule has 0 spiro atoms. The predicted molar refractivity (Wildman–Crippen MR) is 56.9 cm³/mol. The van der Waals surface area contributed by atoms with Crippen LogP contribution in [0.2, 0.25) is 0 Å². The number of urea groups is 1. The molecule has 1 aliphatic rings. The van der Waals surface area contributed by atoms with Gasteiger partial charge in [-0.05, 0) is 19.3 Å². The smallest absolute Gasteiger partial charge is 0.345 e. The fourth-order valence-corrected chi connectivity index (χ4v) is 1.52. The van der Waals surface area contributed by atoms with Crippen molar-refractivity contribution < 1.29 is 23.0 Å². The summed E-state index contributed by atoms with van der Waals surface area (Å²) >= 11 is 0. The number of nitrogens with one attached hydrogen (secondary N) is 2. The van der Waals surface area contributed by atoms with E-state index in [1.54, 1.807) is 0 Å². The van der Waals surface area contributed by atoms with E-state index in [1.165, 1.54) is 0 Å². The summed E-state index contributed by atoms with van der Waals surface area (Å²) in [5.41, 5.74) is 0. The molecule has 2 amide bonds. The minimum Gasteiger partial charge on any atom is -0.376 e. The quantitative estimate of drug-likeness (QED) is 0.667. The molecule has 100 valence electrons. The molecule has 1 aliphatic heterocycles. The maximum Gasteiger partial charge on any atom is 0.345 e. The number of ether oxygens (including phenoxy) is 2. The van der Waals surface area contributed by atoms with E-state index in [-0.39, 0.29) is 18.7 Å². The molecule has 0 aromatic heterocycles. The van der Waals surface area contributed by atoms with Gasteiger partial charge in [-0.15, -0.1) is 0 Å². The molecule has 0 radical (unpaired) electrons. The Labute approximate surface area is 98.8 Å². The zero-order valence-corrected chi connectivity index (χ0v) is 9.59. The largest absolute Gasteiger partial charge is 0.376 e. The molecule has 1 fully saturated rings. The highest BCUT2D eigenvalue weighted by Gasteiger charge is 2.15. The van der Waals surface area contributed by atoms with Gasteiger partial charge in [0.1, 0.15) is 0 Å². The second-order valence-corrected chi connectivity index (χ2v) is 3.76. The monoisotopic (exact) mass is 252 g/mol. The summed E-state index contributed by atoms with van der Waals surface area (Å²) < 4.78 is 32.5. The van der Waals surface area contributed by atoms with Crippen LogP contribution >= 0.6 is 0 Å². The fourth-order valence-electron chi connectivity index (χ4n) is 1.52. The van der Waals surface area contributed by atoms with E-state index in [9.17, 15) is 13.6 Å². The third kappa shape index (κ3) is 7.06. The Kier molecular flexibility index (Phi) is 6.80. The zero-order chi connectivity index (χ0) is 12.5. The number of carbonyl (C=O) groups is 1. The second-order valence-electron chi connectivity index (χ2n) is 3.76. The van der Waals surface area contributed by atoms with E-state index >= 15 is 0 Å². The van der Waals surface area contributed by atoms with Crippen molar-refractivity contribution in [1.82, 2.24) is 10.6 Å². The van der Waals surface area contributed by atoms with Crippen LogP contribution in [0.15, 0.2) is 0 Å². The molecule has 17 heavy (non-hydrogen) atoms. The molecule has 1 heterocycles. The summed E-state index contributed by atoms with van der Waals surface area (Å²) in [5.74, 6) is 0. The first-order valence-electron chi connectivity index (χ1n) is 5.71. The molecule has 5 nitrogen and oxygen atoms in total. The highest BCUT2D eigenvalue weighted by molar-refractivity contribution is 5.73. The Morgan fingerprint density at radius 2 is 2.29 bits per heavy atom. The molecule has 1 saturated heterocycles. The first-order chi connectivity index (χ1) is 8.18. The van der Waals surface area contributed by atoms with Gasteiger partial charge in [-0.3, -0.25) is 0 Å². The number of hydrogen-bond acceptors (Lipinski definition) is 3. The molecule has 1 rings (SSSR count). The van der Waals surface area contributed by atoms with Gasteiger partial charge in [-0.25, -0.2) is 4.79 Å². The van der Waals surface area contributed by atoms with Crippen molar-refractivity contribution in [2.24, 2.45) is 0 Å². The summed E-state index contributed by atoms with van der Waals surface area (Å²) in [6, 6.07) is -0.308. The standard InChI is InChI=1S/C10H18F2N2O3/c11-9(12)17-6-2-4-13-10(15)14-7-8-3-1-5-16-8/h8-9H,1-7H2,(H2,13,14,15). The van der Waals surface area contributed by atoms with E-state index in [0.717, 1.165) is 19.4 Å². The van der Waals surface area contributed by atoms with Crippen LogP contribution in [0.25, 0.3) is 0 Å². The number of rotatable bonds is 7. The van der Waals surface area contributed by atoms with Gasteiger partial charge in [0.05, 0.1) is 12.7 Å². The van der Waals surface area contributed by atoms with Gasteiger partial charge in [-0.2, -0.15) is 8.78 Å². The van der Waals surface area contributed by atoms with Crippen molar-refractivity contribution >= 4 is 6.03 Å². The Hall–Kier alpha value is -0.950. The van der Waals surface area contributed by atoms with Crippen LogP contribution in [0.3, 0.4) is 0 Å². The van der Waals surface area contributed by atoms with Crippen LogP contribution in [0.1, 0.15) is 19.3 Å². The Morgan fingerprint density at radius 3 is 2.94 bits per heavy atom. The Bertz CT molecular complexity index is 224. The van der Waals surface area contributed by atoms with Gasteiger partial charge >= 0.3 is 12.6 Å². The number of carbonyl (C=O) groups excluding carboxylic acids is 1. The number of halogens is 2. The molecule has 0 aromatic carbocycles. The fraction of sp³-hybridized carbons (Fsp3) is 0.900. The average molecular weight is 252 g/mol. The first kappa shape index (κ1) is 14.1. The summed E-state index contributed by atoms with van der Waals surface area (Å²) in [5, 5.41) is 5.21. The van der Waals surface area contributed by atoms with E-state index in [2.05, 4.69) is 15.4 Å². The minimum atomic E-state index is -2.75. The van der Waals surface area contributed by atoms with Crippen molar-refractivity contribution in [3.63, 3.8) is 0 Å². The van der Waals surface area contributed by atoms with Crippen molar-refractivity contribution in [2.45, 2.75) is 32.0 Å². The van der Waals surface area contributed by atoms with Gasteiger partial charge in [0.2, 0.25) is 0 Å². The third-order valence-electron chi connectivity index (χ3n) is 2.36. The van der Waals surface area contributed by atoms with Gasteiger partial charge < -0.3 is 20.1 Å². The predicted octanol–water partition coefficient (Wildman–Crippen LogP) is 1.09. The normalized spacial score (nSPS) is 19.6. The summed E-state index contributed by atoms with van der Waals surface area (Å²) in [6.07, 6.45) is 2.45.